The second-order valence-corrected chi connectivity index (χ2v) is 4.59. The Morgan fingerprint density at radius 3 is 2.67 bits per heavy atom. The molecule has 0 aliphatic carbocycles. The second-order valence-electron chi connectivity index (χ2n) is 4.59. The lowest BCUT2D eigenvalue weighted by Gasteiger charge is -2.23. The Morgan fingerprint density at radius 2 is 2.10 bits per heavy atom. The number of methoxy groups -OCH3 is 1. The zero-order valence-corrected chi connectivity index (χ0v) is 11.6. The molecule has 0 unspecified atom stereocenters. The largest absolute Gasteiger partial charge is 0.461 e. The van der Waals surface area contributed by atoms with Gasteiger partial charge in [-0.1, -0.05) is 0 Å². The number of H-pyrrole nitrogens is 1. The maximum atomic E-state index is 11.8. The monoisotopic (exact) mass is 297 g/mol. The van der Waals surface area contributed by atoms with Gasteiger partial charge < -0.3 is 9.47 Å². The standard InChI is InChI=1S/C12H15N3O6/c1-7(16)21-8-5-10(15(6-8)12(19)20-2)14-4-3-9(17)13-11(14)18/h3-4,8,10H,5-6H2,1-2H3,(H,13,17,18)/t8-,10-/m1/s1. The maximum Gasteiger partial charge on any atom is 0.411 e. The molecule has 9 nitrogen and oxygen atoms in total. The van der Waals surface area contributed by atoms with Crippen LogP contribution in [-0.2, 0) is 14.3 Å². The number of amides is 1. The van der Waals surface area contributed by atoms with Crippen molar-refractivity contribution in [3.05, 3.63) is 33.1 Å². The zero-order chi connectivity index (χ0) is 15.6. The summed E-state index contributed by atoms with van der Waals surface area (Å²) in [6, 6.07) is 1.18. The molecule has 1 saturated heterocycles. The van der Waals surface area contributed by atoms with Crippen LogP contribution in [0.3, 0.4) is 0 Å². The highest BCUT2D eigenvalue weighted by Crippen LogP contribution is 2.28. The van der Waals surface area contributed by atoms with Crippen molar-refractivity contribution in [2.75, 3.05) is 13.7 Å². The number of esters is 1. The first-order valence-electron chi connectivity index (χ1n) is 6.25. The average Bonchev–Trinajstić information content (AvgIpc) is 2.80. The lowest BCUT2D eigenvalue weighted by molar-refractivity contribution is -0.145. The quantitative estimate of drug-likeness (QED) is 0.732. The minimum atomic E-state index is -0.689. The lowest BCUT2D eigenvalue weighted by atomic mass is 10.3. The normalized spacial score (nSPS) is 21.1. The number of likely N-dealkylation sites (tertiary alicyclic amines) is 1. The Labute approximate surface area is 119 Å². The van der Waals surface area contributed by atoms with E-state index in [0.29, 0.717) is 0 Å². The second kappa shape index (κ2) is 5.81. The highest BCUT2D eigenvalue weighted by molar-refractivity contribution is 5.69. The predicted octanol–water partition coefficient (Wildman–Crippen LogP) is -0.561. The number of carbonyl (C=O) groups excluding carboxylic acids is 2. The summed E-state index contributed by atoms with van der Waals surface area (Å²) in [6.07, 6.45) is -0.345. The molecule has 0 aromatic carbocycles. The predicted molar refractivity (Wildman–Crippen MR) is 69.6 cm³/mol. The molecular formula is C12H15N3O6. The summed E-state index contributed by atoms with van der Waals surface area (Å²) in [4.78, 5) is 49.1. The van der Waals surface area contributed by atoms with Gasteiger partial charge in [0.2, 0.25) is 0 Å². The van der Waals surface area contributed by atoms with E-state index in [1.165, 1.54) is 35.8 Å². The first-order valence-corrected chi connectivity index (χ1v) is 6.25. The number of nitrogens with zero attached hydrogens (tertiary/aromatic N) is 2. The van der Waals surface area contributed by atoms with Crippen LogP contribution in [0.5, 0.6) is 0 Å². The molecule has 0 saturated carbocycles. The molecule has 0 spiro atoms. The van der Waals surface area contributed by atoms with Crippen molar-refractivity contribution in [1.82, 2.24) is 14.5 Å². The summed E-state index contributed by atoms with van der Waals surface area (Å²) in [7, 11) is 1.22. The Kier molecular flexibility index (Phi) is 4.10. The molecule has 21 heavy (non-hydrogen) atoms. The van der Waals surface area contributed by atoms with Crippen LogP contribution in [0.1, 0.15) is 19.5 Å². The summed E-state index contributed by atoms with van der Waals surface area (Å²) >= 11 is 0. The van der Waals surface area contributed by atoms with E-state index in [9.17, 15) is 19.2 Å². The molecule has 1 fully saturated rings. The van der Waals surface area contributed by atoms with Crippen LogP contribution in [0.25, 0.3) is 0 Å². The van der Waals surface area contributed by atoms with E-state index in [-0.39, 0.29) is 13.0 Å². The minimum Gasteiger partial charge on any atom is -0.461 e. The molecule has 9 heteroatoms. The van der Waals surface area contributed by atoms with Crippen LogP contribution in [0.4, 0.5) is 4.79 Å². The van der Waals surface area contributed by atoms with Gasteiger partial charge >= 0.3 is 17.8 Å². The van der Waals surface area contributed by atoms with Gasteiger partial charge in [0.05, 0.1) is 13.7 Å². The van der Waals surface area contributed by atoms with Crippen molar-refractivity contribution in [3.8, 4) is 0 Å². The number of rotatable bonds is 2. The molecule has 1 aromatic rings. The average molecular weight is 297 g/mol. The van der Waals surface area contributed by atoms with Gasteiger partial charge in [0.1, 0.15) is 12.3 Å². The minimum absolute atomic E-state index is 0.114. The van der Waals surface area contributed by atoms with E-state index in [4.69, 9.17) is 4.74 Å². The van der Waals surface area contributed by atoms with Gasteiger partial charge in [-0.05, 0) is 0 Å². The fourth-order valence-electron chi connectivity index (χ4n) is 2.34. The summed E-state index contributed by atoms with van der Waals surface area (Å²) < 4.78 is 10.9. The van der Waals surface area contributed by atoms with E-state index >= 15 is 0 Å². The van der Waals surface area contributed by atoms with Gasteiger partial charge in [-0.25, -0.2) is 9.59 Å². The molecule has 1 N–H and O–H groups in total. The van der Waals surface area contributed by atoms with Crippen LogP contribution >= 0.6 is 0 Å². The van der Waals surface area contributed by atoms with Gasteiger partial charge in [0.25, 0.3) is 5.56 Å². The van der Waals surface area contributed by atoms with E-state index in [1.54, 1.807) is 0 Å². The van der Waals surface area contributed by atoms with Crippen LogP contribution in [0.2, 0.25) is 0 Å². The van der Waals surface area contributed by atoms with Crippen molar-refractivity contribution in [2.45, 2.75) is 25.6 Å². The number of nitrogens with one attached hydrogen (secondary N) is 1. The Bertz CT molecular complexity index is 663. The van der Waals surface area contributed by atoms with Crippen LogP contribution in [0, 0.1) is 0 Å². The van der Waals surface area contributed by atoms with Crippen molar-refractivity contribution < 1.29 is 19.1 Å². The number of aromatic amines is 1. The zero-order valence-electron chi connectivity index (χ0n) is 11.6. The van der Waals surface area contributed by atoms with E-state index in [2.05, 4.69) is 9.72 Å². The van der Waals surface area contributed by atoms with Crippen LogP contribution in [0.15, 0.2) is 21.9 Å². The lowest BCUT2D eigenvalue weighted by Crippen LogP contribution is -2.40. The van der Waals surface area contributed by atoms with Gasteiger partial charge in [0.15, 0.2) is 0 Å². The van der Waals surface area contributed by atoms with E-state index in [0.717, 1.165) is 0 Å². The molecule has 0 bridgehead atoms. The summed E-state index contributed by atoms with van der Waals surface area (Å²) in [5.74, 6) is -0.473. The van der Waals surface area contributed by atoms with Crippen LogP contribution in [-0.4, -0.2) is 46.3 Å². The summed E-state index contributed by atoms with van der Waals surface area (Å²) in [5, 5.41) is 0. The number of carbonyl (C=O) groups is 2. The van der Waals surface area contributed by atoms with Crippen molar-refractivity contribution in [3.63, 3.8) is 0 Å². The fourth-order valence-corrected chi connectivity index (χ4v) is 2.34. The van der Waals surface area contributed by atoms with Crippen molar-refractivity contribution >= 4 is 12.1 Å². The first kappa shape index (κ1) is 14.8. The smallest absolute Gasteiger partial charge is 0.411 e. The van der Waals surface area contributed by atoms with Gasteiger partial charge in [0, 0.05) is 25.6 Å². The molecule has 2 rings (SSSR count). The molecule has 1 aromatic heterocycles. The molecule has 1 aliphatic heterocycles. The Hall–Kier alpha value is -2.58. The summed E-state index contributed by atoms with van der Waals surface area (Å²) in [6.45, 7) is 1.38. The highest BCUT2D eigenvalue weighted by atomic mass is 16.6. The SMILES string of the molecule is COC(=O)N1C[C@H](OC(C)=O)C[C@@H]1n1ccc(=O)[nH]c1=O. The summed E-state index contributed by atoms with van der Waals surface area (Å²) in [5.41, 5.74) is -1.18. The molecule has 0 radical (unpaired) electrons. The van der Waals surface area contributed by atoms with Gasteiger partial charge in [-0.2, -0.15) is 0 Å². The Balaban J connectivity index is 2.33. The molecular weight excluding hydrogens is 282 g/mol. The number of hydrogen-bond acceptors (Lipinski definition) is 6. The third-order valence-corrected chi connectivity index (χ3v) is 3.15. The van der Waals surface area contributed by atoms with Gasteiger partial charge in [-0.15, -0.1) is 0 Å². The third-order valence-electron chi connectivity index (χ3n) is 3.15. The van der Waals surface area contributed by atoms with E-state index in [1.807, 2.05) is 0 Å². The highest BCUT2D eigenvalue weighted by Gasteiger charge is 2.39. The number of aromatic nitrogens is 2. The molecule has 2 heterocycles. The topological polar surface area (TPSA) is 111 Å². The van der Waals surface area contributed by atoms with Crippen molar-refractivity contribution in [1.29, 1.82) is 0 Å². The first-order chi connectivity index (χ1) is 9.92. The number of ether oxygens (including phenoxy) is 2. The molecule has 1 amide bonds. The van der Waals surface area contributed by atoms with Gasteiger partial charge in [-0.3, -0.25) is 24.0 Å². The molecule has 114 valence electrons. The van der Waals surface area contributed by atoms with Crippen molar-refractivity contribution in [2.24, 2.45) is 0 Å². The third kappa shape index (κ3) is 3.12. The fraction of sp³-hybridized carbons (Fsp3) is 0.500. The molecule has 1 aliphatic rings. The Morgan fingerprint density at radius 1 is 1.38 bits per heavy atom. The maximum absolute atomic E-state index is 11.8. The number of hydrogen-bond donors (Lipinski definition) is 1. The molecule has 2 atom stereocenters. The van der Waals surface area contributed by atoms with Crippen LogP contribution < -0.4 is 11.2 Å². The van der Waals surface area contributed by atoms with E-state index < -0.39 is 35.6 Å².